The summed E-state index contributed by atoms with van der Waals surface area (Å²) in [5.74, 6) is 1.45. The van der Waals surface area contributed by atoms with E-state index in [1.807, 2.05) is 30.3 Å². The van der Waals surface area contributed by atoms with Gasteiger partial charge >= 0.3 is 0 Å². The lowest BCUT2D eigenvalue weighted by atomic mass is 9.99. The number of amides is 1. The average Bonchev–Trinajstić information content (AvgIpc) is 3.61. The summed E-state index contributed by atoms with van der Waals surface area (Å²) < 4.78 is 17.6. The number of nitrogens with two attached hydrogens (primary N) is 1. The van der Waals surface area contributed by atoms with E-state index in [0.29, 0.717) is 47.0 Å². The van der Waals surface area contributed by atoms with Crippen molar-refractivity contribution in [2.45, 2.75) is 39.8 Å². The fourth-order valence-electron chi connectivity index (χ4n) is 4.57. The van der Waals surface area contributed by atoms with Crippen LogP contribution in [0, 0.1) is 5.92 Å². The van der Waals surface area contributed by atoms with Gasteiger partial charge in [0.05, 0.1) is 18.5 Å². The van der Waals surface area contributed by atoms with Crippen molar-refractivity contribution in [1.82, 2.24) is 35.6 Å². The Labute approximate surface area is 247 Å². The molecule has 5 rings (SSSR count). The second-order valence-electron chi connectivity index (χ2n) is 10.1. The van der Waals surface area contributed by atoms with E-state index in [0.717, 1.165) is 37.1 Å². The smallest absolute Gasteiger partial charge is 0.293 e. The summed E-state index contributed by atoms with van der Waals surface area (Å²) >= 11 is 5.96. The van der Waals surface area contributed by atoms with Crippen molar-refractivity contribution in [3.05, 3.63) is 70.0 Å². The minimum absolute atomic E-state index is 0.0452. The van der Waals surface area contributed by atoms with Crippen molar-refractivity contribution in [3.8, 4) is 17.3 Å². The number of carbonyl (C=O) groups is 1. The molecule has 0 radical (unpaired) electrons. The van der Waals surface area contributed by atoms with Gasteiger partial charge in [0.1, 0.15) is 6.61 Å². The molecular weight excluding hydrogens is 562 g/mol. The van der Waals surface area contributed by atoms with Crippen LogP contribution in [0.25, 0.3) is 5.82 Å². The Balaban J connectivity index is 1.31. The number of rotatable bonds is 10. The molecule has 3 heterocycles. The number of nitrogens with zero attached hydrogens (tertiary/aromatic N) is 7. The van der Waals surface area contributed by atoms with Crippen molar-refractivity contribution in [2.24, 2.45) is 11.0 Å². The van der Waals surface area contributed by atoms with Gasteiger partial charge in [-0.05, 0) is 85.0 Å². The molecule has 0 atom stereocenters. The lowest BCUT2D eigenvalue weighted by molar-refractivity contribution is 0.0946. The molecule has 4 aromatic rings. The van der Waals surface area contributed by atoms with Gasteiger partial charge in [0.15, 0.2) is 17.2 Å². The third-order valence-corrected chi connectivity index (χ3v) is 7.39. The van der Waals surface area contributed by atoms with E-state index in [2.05, 4.69) is 43.0 Å². The molecule has 220 valence electrons. The summed E-state index contributed by atoms with van der Waals surface area (Å²) in [4.78, 5) is 15.5. The summed E-state index contributed by atoms with van der Waals surface area (Å²) in [6.45, 7) is 6.56. The number of hydrogen-bond donors (Lipinski definition) is 2. The van der Waals surface area contributed by atoms with Crippen LogP contribution in [0.4, 0.5) is 5.82 Å². The number of nitrogens with one attached hydrogen (secondary N) is 1. The zero-order chi connectivity index (χ0) is 29.6. The highest BCUT2D eigenvalue weighted by Gasteiger charge is 2.27. The van der Waals surface area contributed by atoms with E-state index in [1.54, 1.807) is 26.2 Å². The molecule has 2 aromatic carbocycles. The number of hydrogen-bond acceptors (Lipinski definition) is 11. The number of ether oxygens (including phenoxy) is 2. The Morgan fingerprint density at radius 1 is 1.17 bits per heavy atom. The van der Waals surface area contributed by atoms with Crippen molar-refractivity contribution in [1.29, 1.82) is 0 Å². The van der Waals surface area contributed by atoms with E-state index in [4.69, 9.17) is 31.4 Å². The maximum Gasteiger partial charge on any atom is 0.293 e. The molecule has 0 saturated carbocycles. The van der Waals surface area contributed by atoms with Crippen LogP contribution < -0.4 is 20.6 Å². The molecule has 1 aliphatic heterocycles. The summed E-state index contributed by atoms with van der Waals surface area (Å²) in [6, 6.07) is 12.9. The Hall–Kier alpha value is -4.49. The number of nitrogen functional groups attached to an aromatic ring is 1. The third kappa shape index (κ3) is 6.69. The van der Waals surface area contributed by atoms with Crippen LogP contribution in [-0.4, -0.2) is 62.0 Å². The SMILES string of the molecule is COc1cc(C(C)=NNC(=O)c2nnn(-c3nonc3N)c2CN2CCC(C)CC2)ccc1OCc1ccc(Cl)cc1. The number of halogens is 1. The number of aromatic nitrogens is 5. The van der Waals surface area contributed by atoms with E-state index in [-0.39, 0.29) is 17.3 Å². The summed E-state index contributed by atoms with van der Waals surface area (Å²) in [5.41, 5.74) is 11.4. The fourth-order valence-corrected chi connectivity index (χ4v) is 4.69. The maximum atomic E-state index is 13.3. The van der Waals surface area contributed by atoms with E-state index in [9.17, 15) is 4.79 Å². The molecule has 0 aliphatic carbocycles. The minimum Gasteiger partial charge on any atom is -0.493 e. The van der Waals surface area contributed by atoms with Crippen molar-refractivity contribution in [2.75, 3.05) is 25.9 Å². The van der Waals surface area contributed by atoms with Crippen molar-refractivity contribution >= 4 is 29.0 Å². The summed E-state index contributed by atoms with van der Waals surface area (Å²) in [7, 11) is 1.56. The Bertz CT molecular complexity index is 1560. The first kappa shape index (κ1) is 29.0. The van der Waals surface area contributed by atoms with E-state index < -0.39 is 5.91 Å². The number of piperidine rings is 1. The summed E-state index contributed by atoms with van der Waals surface area (Å²) in [5, 5.41) is 20.7. The number of hydrazone groups is 1. The summed E-state index contributed by atoms with van der Waals surface area (Å²) in [6.07, 6.45) is 2.13. The molecule has 14 heteroatoms. The standard InChI is InChI=1S/C28H32ClN9O4/c1-17-10-12-37(13-11-17)15-22-25(32-36-38(22)27-26(30)34-42-35-27)28(39)33-31-18(2)20-6-9-23(24(14-20)40-3)41-16-19-4-7-21(29)8-5-19/h4-9,14,17H,10-13,15-16H2,1-3H3,(H2,30,34)(H,33,39). The molecule has 42 heavy (non-hydrogen) atoms. The molecule has 3 N–H and O–H groups in total. The minimum atomic E-state index is -0.522. The monoisotopic (exact) mass is 593 g/mol. The number of benzene rings is 2. The first-order valence-electron chi connectivity index (χ1n) is 13.5. The quantitative estimate of drug-likeness (QED) is 0.204. The molecule has 1 saturated heterocycles. The Morgan fingerprint density at radius 3 is 2.62 bits per heavy atom. The first-order chi connectivity index (χ1) is 20.3. The largest absolute Gasteiger partial charge is 0.493 e. The van der Waals surface area contributed by atoms with Crippen LogP contribution >= 0.6 is 11.6 Å². The zero-order valence-electron chi connectivity index (χ0n) is 23.6. The highest BCUT2D eigenvalue weighted by atomic mass is 35.5. The van der Waals surface area contributed by atoms with Crippen molar-refractivity contribution < 1.29 is 18.9 Å². The van der Waals surface area contributed by atoms with Gasteiger partial charge < -0.3 is 15.2 Å². The lowest BCUT2D eigenvalue weighted by Gasteiger charge is -2.30. The van der Waals surface area contributed by atoms with Gasteiger partial charge in [-0.1, -0.05) is 35.9 Å². The van der Waals surface area contributed by atoms with Crippen LogP contribution in [0.5, 0.6) is 11.5 Å². The number of likely N-dealkylation sites (tertiary alicyclic amines) is 1. The average molecular weight is 594 g/mol. The second kappa shape index (κ2) is 13.0. The highest BCUT2D eigenvalue weighted by Crippen LogP contribution is 2.29. The van der Waals surface area contributed by atoms with Gasteiger partial charge in [-0.25, -0.2) is 10.1 Å². The molecule has 0 unspecified atom stereocenters. The van der Waals surface area contributed by atoms with Crippen LogP contribution in [-0.2, 0) is 13.2 Å². The maximum absolute atomic E-state index is 13.3. The second-order valence-corrected chi connectivity index (χ2v) is 10.6. The van der Waals surface area contributed by atoms with Gasteiger partial charge in [-0.15, -0.1) is 5.10 Å². The van der Waals surface area contributed by atoms with Crippen molar-refractivity contribution in [3.63, 3.8) is 0 Å². The number of methoxy groups -OCH3 is 1. The molecular formula is C28H32ClN9O4. The lowest BCUT2D eigenvalue weighted by Crippen LogP contribution is -2.34. The molecule has 1 amide bonds. The molecule has 0 spiro atoms. The molecule has 1 fully saturated rings. The van der Waals surface area contributed by atoms with Crippen LogP contribution in [0.2, 0.25) is 5.02 Å². The molecule has 1 aliphatic rings. The predicted octanol–water partition coefficient (Wildman–Crippen LogP) is 3.86. The zero-order valence-corrected chi connectivity index (χ0v) is 24.3. The molecule has 2 aromatic heterocycles. The Kier molecular flexibility index (Phi) is 8.98. The van der Waals surface area contributed by atoms with Gasteiger partial charge in [0.2, 0.25) is 11.6 Å². The van der Waals surface area contributed by atoms with Crippen LogP contribution in [0.3, 0.4) is 0 Å². The fraction of sp³-hybridized carbons (Fsp3) is 0.357. The van der Waals surface area contributed by atoms with Gasteiger partial charge in [-0.3, -0.25) is 9.69 Å². The van der Waals surface area contributed by atoms with Gasteiger partial charge in [0, 0.05) is 17.1 Å². The van der Waals surface area contributed by atoms with Crippen LogP contribution in [0.15, 0.2) is 52.2 Å². The Morgan fingerprint density at radius 2 is 1.93 bits per heavy atom. The van der Waals surface area contributed by atoms with Crippen LogP contribution in [0.1, 0.15) is 54.0 Å². The number of carbonyl (C=O) groups excluding carboxylic acids is 1. The van der Waals surface area contributed by atoms with Gasteiger partial charge in [0.25, 0.3) is 5.91 Å². The number of anilines is 1. The predicted molar refractivity (Wildman–Crippen MR) is 156 cm³/mol. The normalized spacial score (nSPS) is 14.6. The molecule has 0 bridgehead atoms. The third-order valence-electron chi connectivity index (χ3n) is 7.14. The molecule has 13 nitrogen and oxygen atoms in total. The topological polar surface area (TPSA) is 159 Å². The van der Waals surface area contributed by atoms with E-state index in [1.165, 1.54) is 4.68 Å². The first-order valence-corrected chi connectivity index (χ1v) is 13.9. The van der Waals surface area contributed by atoms with E-state index >= 15 is 0 Å². The van der Waals surface area contributed by atoms with Gasteiger partial charge in [-0.2, -0.15) is 9.78 Å². The highest BCUT2D eigenvalue weighted by molar-refractivity contribution is 6.30.